The van der Waals surface area contributed by atoms with Crippen molar-refractivity contribution in [2.45, 2.75) is 47.1 Å². The summed E-state index contributed by atoms with van der Waals surface area (Å²) in [5.74, 6) is 1.03. The van der Waals surface area contributed by atoms with Gasteiger partial charge in [0, 0.05) is 19.5 Å². The Hall–Kier alpha value is -2.88. The number of aryl methyl sites for hydroxylation is 4. The van der Waals surface area contributed by atoms with Crippen LogP contribution in [0.3, 0.4) is 0 Å². The number of carbonyl (C=O) groups excluding carboxylic acids is 1. The first kappa shape index (κ1) is 19.9. The molecule has 0 atom stereocenters. The fourth-order valence-corrected chi connectivity index (χ4v) is 3.78. The van der Waals surface area contributed by atoms with Crippen molar-refractivity contribution in [3.63, 3.8) is 0 Å². The molecule has 3 aromatic rings. The third-order valence-electron chi connectivity index (χ3n) is 5.08. The van der Waals surface area contributed by atoms with Gasteiger partial charge in [-0.2, -0.15) is 0 Å². The summed E-state index contributed by atoms with van der Waals surface area (Å²) in [5, 5.41) is 2.92. The highest BCUT2D eigenvalue weighted by Gasteiger charge is 2.13. The average molecular weight is 376 g/mol. The second kappa shape index (κ2) is 8.87. The van der Waals surface area contributed by atoms with Crippen molar-refractivity contribution < 1.29 is 4.79 Å². The lowest BCUT2D eigenvalue weighted by Crippen LogP contribution is -2.22. The van der Waals surface area contributed by atoms with E-state index in [2.05, 4.69) is 61.0 Å². The number of nitrogens with zero attached hydrogens (tertiary/aromatic N) is 2. The summed E-state index contributed by atoms with van der Waals surface area (Å²) in [6.07, 6.45) is 4.99. The Morgan fingerprint density at radius 3 is 2.57 bits per heavy atom. The SMILES string of the molecule is C/C=C\C(=O)NCCCc1nc2ccccc2n1Cc1c(C)cc(C)cc1C. The van der Waals surface area contributed by atoms with Crippen LogP contribution < -0.4 is 5.32 Å². The van der Waals surface area contributed by atoms with E-state index in [1.165, 1.54) is 22.3 Å². The summed E-state index contributed by atoms with van der Waals surface area (Å²) in [6.45, 7) is 9.82. The Morgan fingerprint density at radius 2 is 1.86 bits per heavy atom. The molecule has 0 saturated heterocycles. The molecule has 4 nitrogen and oxygen atoms in total. The molecule has 0 aliphatic heterocycles. The number of allylic oxidation sites excluding steroid dienone is 1. The zero-order chi connectivity index (χ0) is 20.1. The molecule has 146 valence electrons. The maximum absolute atomic E-state index is 11.6. The average Bonchev–Trinajstić information content (AvgIpc) is 2.99. The van der Waals surface area contributed by atoms with Gasteiger partial charge in [0.25, 0.3) is 0 Å². The molecule has 0 bridgehead atoms. The van der Waals surface area contributed by atoms with Gasteiger partial charge in [0.1, 0.15) is 5.82 Å². The van der Waals surface area contributed by atoms with Crippen LogP contribution in [0.25, 0.3) is 11.0 Å². The second-order valence-electron chi connectivity index (χ2n) is 7.37. The molecular weight excluding hydrogens is 346 g/mol. The number of imidazole rings is 1. The van der Waals surface area contributed by atoms with E-state index >= 15 is 0 Å². The van der Waals surface area contributed by atoms with E-state index in [0.29, 0.717) is 6.54 Å². The summed E-state index contributed by atoms with van der Waals surface area (Å²) in [7, 11) is 0. The van der Waals surface area contributed by atoms with Crippen molar-refractivity contribution in [1.82, 2.24) is 14.9 Å². The lowest BCUT2D eigenvalue weighted by atomic mass is 9.99. The quantitative estimate of drug-likeness (QED) is 0.483. The predicted octanol–water partition coefficient (Wildman–Crippen LogP) is 4.63. The number of para-hydroxylation sites is 2. The molecule has 1 aromatic heterocycles. The van der Waals surface area contributed by atoms with Crippen molar-refractivity contribution >= 4 is 16.9 Å². The van der Waals surface area contributed by atoms with E-state index in [1.807, 2.05) is 13.0 Å². The molecule has 28 heavy (non-hydrogen) atoms. The first-order valence-corrected chi connectivity index (χ1v) is 9.91. The number of hydrogen-bond donors (Lipinski definition) is 1. The van der Waals surface area contributed by atoms with Crippen LogP contribution in [0.2, 0.25) is 0 Å². The van der Waals surface area contributed by atoms with E-state index in [0.717, 1.165) is 36.2 Å². The van der Waals surface area contributed by atoms with Crippen LogP contribution in [-0.4, -0.2) is 22.0 Å². The molecule has 0 radical (unpaired) electrons. The fourth-order valence-electron chi connectivity index (χ4n) is 3.78. The van der Waals surface area contributed by atoms with Gasteiger partial charge in [0.2, 0.25) is 5.91 Å². The highest BCUT2D eigenvalue weighted by Crippen LogP contribution is 2.23. The molecule has 0 unspecified atom stereocenters. The molecule has 0 aliphatic carbocycles. The number of amides is 1. The summed E-state index contributed by atoms with van der Waals surface area (Å²) in [4.78, 5) is 16.5. The minimum atomic E-state index is -0.0399. The Balaban J connectivity index is 1.85. The molecule has 2 aromatic carbocycles. The van der Waals surface area contributed by atoms with E-state index in [1.54, 1.807) is 12.2 Å². The minimum absolute atomic E-state index is 0.0399. The Kier molecular flexibility index (Phi) is 6.30. The van der Waals surface area contributed by atoms with Gasteiger partial charge in [-0.05, 0) is 69.0 Å². The smallest absolute Gasteiger partial charge is 0.243 e. The first-order valence-electron chi connectivity index (χ1n) is 9.91. The van der Waals surface area contributed by atoms with Gasteiger partial charge in [-0.25, -0.2) is 4.98 Å². The summed E-state index contributed by atoms with van der Waals surface area (Å²) in [5.41, 5.74) is 7.48. The van der Waals surface area contributed by atoms with Gasteiger partial charge >= 0.3 is 0 Å². The van der Waals surface area contributed by atoms with Crippen LogP contribution in [-0.2, 0) is 17.8 Å². The number of rotatable bonds is 7. The standard InChI is InChI=1S/C24H29N3O/c1-5-9-24(28)25-13-8-12-23-26-21-10-6-7-11-22(21)27(23)16-20-18(3)14-17(2)15-19(20)4/h5-7,9-11,14-15H,8,12-13,16H2,1-4H3,(H,25,28)/b9-5-. The predicted molar refractivity (Wildman–Crippen MR) is 116 cm³/mol. The van der Waals surface area contributed by atoms with E-state index in [-0.39, 0.29) is 5.91 Å². The minimum Gasteiger partial charge on any atom is -0.353 e. The number of nitrogens with one attached hydrogen (secondary N) is 1. The van der Waals surface area contributed by atoms with Gasteiger partial charge in [-0.15, -0.1) is 0 Å². The topological polar surface area (TPSA) is 46.9 Å². The first-order chi connectivity index (χ1) is 13.5. The maximum atomic E-state index is 11.6. The van der Waals surface area contributed by atoms with Crippen LogP contribution in [0, 0.1) is 20.8 Å². The highest BCUT2D eigenvalue weighted by molar-refractivity contribution is 5.87. The van der Waals surface area contributed by atoms with Crippen LogP contribution in [0.4, 0.5) is 0 Å². The molecule has 3 rings (SSSR count). The Bertz CT molecular complexity index is 991. The van der Waals surface area contributed by atoms with E-state index in [4.69, 9.17) is 4.98 Å². The van der Waals surface area contributed by atoms with Crippen LogP contribution >= 0.6 is 0 Å². The largest absolute Gasteiger partial charge is 0.353 e. The molecule has 0 fully saturated rings. The summed E-state index contributed by atoms with van der Waals surface area (Å²) in [6, 6.07) is 12.8. The Morgan fingerprint density at radius 1 is 1.14 bits per heavy atom. The number of aromatic nitrogens is 2. The highest BCUT2D eigenvalue weighted by atomic mass is 16.1. The zero-order valence-electron chi connectivity index (χ0n) is 17.2. The fraction of sp³-hybridized carbons (Fsp3) is 0.333. The van der Waals surface area contributed by atoms with Gasteiger partial charge < -0.3 is 9.88 Å². The molecule has 1 heterocycles. The van der Waals surface area contributed by atoms with Crippen molar-refractivity contribution in [2.24, 2.45) is 0 Å². The summed E-state index contributed by atoms with van der Waals surface area (Å²) < 4.78 is 2.33. The molecule has 1 amide bonds. The normalized spacial score (nSPS) is 11.4. The van der Waals surface area contributed by atoms with Crippen molar-refractivity contribution in [3.05, 3.63) is 76.6 Å². The van der Waals surface area contributed by atoms with Gasteiger partial charge in [-0.1, -0.05) is 35.9 Å². The molecule has 1 N–H and O–H groups in total. The number of carbonyl (C=O) groups is 1. The lowest BCUT2D eigenvalue weighted by Gasteiger charge is -2.15. The number of benzene rings is 2. The molecule has 0 spiro atoms. The molecular formula is C24H29N3O. The molecule has 4 heteroatoms. The third-order valence-corrected chi connectivity index (χ3v) is 5.08. The van der Waals surface area contributed by atoms with Crippen LogP contribution in [0.1, 0.15) is 41.4 Å². The lowest BCUT2D eigenvalue weighted by molar-refractivity contribution is -0.116. The summed E-state index contributed by atoms with van der Waals surface area (Å²) >= 11 is 0. The van der Waals surface area contributed by atoms with Crippen LogP contribution in [0.15, 0.2) is 48.6 Å². The van der Waals surface area contributed by atoms with Crippen molar-refractivity contribution in [1.29, 1.82) is 0 Å². The zero-order valence-corrected chi connectivity index (χ0v) is 17.2. The number of hydrogen-bond acceptors (Lipinski definition) is 2. The van der Waals surface area contributed by atoms with Crippen molar-refractivity contribution in [3.8, 4) is 0 Å². The van der Waals surface area contributed by atoms with Crippen LogP contribution in [0.5, 0.6) is 0 Å². The van der Waals surface area contributed by atoms with Gasteiger partial charge in [0.05, 0.1) is 11.0 Å². The molecule has 0 aliphatic rings. The second-order valence-corrected chi connectivity index (χ2v) is 7.37. The maximum Gasteiger partial charge on any atom is 0.243 e. The Labute approximate surface area is 167 Å². The molecule has 0 saturated carbocycles. The van der Waals surface area contributed by atoms with E-state index < -0.39 is 0 Å². The monoisotopic (exact) mass is 375 g/mol. The van der Waals surface area contributed by atoms with Crippen molar-refractivity contribution in [2.75, 3.05) is 6.54 Å². The van der Waals surface area contributed by atoms with E-state index in [9.17, 15) is 4.79 Å². The van der Waals surface area contributed by atoms with Gasteiger partial charge in [-0.3, -0.25) is 4.79 Å². The number of fused-ring (bicyclic) bond motifs is 1. The third kappa shape index (κ3) is 4.50. The van der Waals surface area contributed by atoms with Gasteiger partial charge in [0.15, 0.2) is 0 Å².